The molecule has 0 saturated heterocycles. The Bertz CT molecular complexity index is 246. The molecule has 0 N–H and O–H groups in total. The van der Waals surface area contributed by atoms with Gasteiger partial charge in [0.25, 0.3) is 0 Å². The maximum Gasteiger partial charge on any atom is 0.0738 e. The van der Waals surface area contributed by atoms with Gasteiger partial charge >= 0.3 is 0 Å². The molecule has 4 nitrogen and oxygen atoms in total. The largest absolute Gasteiger partial charge is 0.248 e. The van der Waals surface area contributed by atoms with Gasteiger partial charge in [-0.15, -0.1) is 5.10 Å². The lowest BCUT2D eigenvalue weighted by atomic mass is 10.4. The molecule has 0 fully saturated rings. The van der Waals surface area contributed by atoms with Gasteiger partial charge in [-0.2, -0.15) is 0 Å². The standard InChI is InChI=1S/C6H9IN4/c7-10-2-1-3-11-6(5-10)4-8-9-11/h4H,1-3,5H2. The number of nitrogens with zero attached hydrogens (tertiary/aromatic N) is 4. The van der Waals surface area contributed by atoms with E-state index in [1.807, 2.05) is 10.9 Å². The van der Waals surface area contributed by atoms with Gasteiger partial charge in [0.2, 0.25) is 0 Å². The molecule has 60 valence electrons. The Morgan fingerprint density at radius 1 is 1.45 bits per heavy atom. The van der Waals surface area contributed by atoms with Crippen molar-refractivity contribution in [3.8, 4) is 0 Å². The van der Waals surface area contributed by atoms with Gasteiger partial charge in [0.1, 0.15) is 0 Å². The molecule has 2 heterocycles. The Morgan fingerprint density at radius 2 is 2.36 bits per heavy atom. The van der Waals surface area contributed by atoms with Crippen LogP contribution in [0.5, 0.6) is 0 Å². The summed E-state index contributed by atoms with van der Waals surface area (Å²) in [5.74, 6) is 0. The van der Waals surface area contributed by atoms with Gasteiger partial charge in [0.15, 0.2) is 0 Å². The van der Waals surface area contributed by atoms with Crippen LogP contribution in [0.2, 0.25) is 0 Å². The Kier molecular flexibility index (Phi) is 2.08. The fourth-order valence-electron chi connectivity index (χ4n) is 1.24. The van der Waals surface area contributed by atoms with E-state index < -0.39 is 0 Å². The van der Waals surface area contributed by atoms with Crippen molar-refractivity contribution in [1.82, 2.24) is 18.1 Å². The van der Waals surface area contributed by atoms with Crippen molar-refractivity contribution < 1.29 is 0 Å². The van der Waals surface area contributed by atoms with E-state index in [0.29, 0.717) is 0 Å². The third kappa shape index (κ3) is 1.53. The van der Waals surface area contributed by atoms with Crippen LogP contribution in [0.3, 0.4) is 0 Å². The molecule has 11 heavy (non-hydrogen) atoms. The fraction of sp³-hybridized carbons (Fsp3) is 0.667. The van der Waals surface area contributed by atoms with Crippen LogP contribution in [0.15, 0.2) is 6.20 Å². The highest BCUT2D eigenvalue weighted by Crippen LogP contribution is 2.12. The summed E-state index contributed by atoms with van der Waals surface area (Å²) in [6.07, 6.45) is 3.01. The number of halogens is 1. The molecule has 2 rings (SSSR count). The van der Waals surface area contributed by atoms with Crippen molar-refractivity contribution in [2.24, 2.45) is 0 Å². The Morgan fingerprint density at radius 3 is 3.27 bits per heavy atom. The summed E-state index contributed by atoms with van der Waals surface area (Å²) in [7, 11) is 0. The van der Waals surface area contributed by atoms with Crippen molar-refractivity contribution in [3.63, 3.8) is 0 Å². The third-order valence-electron chi connectivity index (χ3n) is 1.80. The zero-order chi connectivity index (χ0) is 7.68. The van der Waals surface area contributed by atoms with Crippen LogP contribution in [-0.4, -0.2) is 24.7 Å². The van der Waals surface area contributed by atoms with Crippen molar-refractivity contribution in [3.05, 3.63) is 11.9 Å². The minimum Gasteiger partial charge on any atom is -0.248 e. The predicted molar refractivity (Wildman–Crippen MR) is 49.1 cm³/mol. The molecule has 0 unspecified atom stereocenters. The van der Waals surface area contributed by atoms with Crippen LogP contribution < -0.4 is 0 Å². The first-order valence-electron chi connectivity index (χ1n) is 3.64. The van der Waals surface area contributed by atoms with E-state index in [4.69, 9.17) is 0 Å². The summed E-state index contributed by atoms with van der Waals surface area (Å²) >= 11 is 2.34. The van der Waals surface area contributed by atoms with Gasteiger partial charge < -0.3 is 0 Å². The van der Waals surface area contributed by atoms with Crippen LogP contribution in [-0.2, 0) is 13.1 Å². The molecule has 0 radical (unpaired) electrons. The highest BCUT2D eigenvalue weighted by molar-refractivity contribution is 14.1. The molecule has 1 aromatic rings. The lowest BCUT2D eigenvalue weighted by molar-refractivity contribution is 0.503. The molecular weight excluding hydrogens is 255 g/mol. The van der Waals surface area contributed by atoms with E-state index in [2.05, 4.69) is 36.3 Å². The maximum atomic E-state index is 3.99. The fourth-order valence-corrected chi connectivity index (χ4v) is 1.93. The number of rotatable bonds is 0. The Labute approximate surface area is 79.1 Å². The second kappa shape index (κ2) is 3.06. The third-order valence-corrected chi connectivity index (χ3v) is 2.63. The van der Waals surface area contributed by atoms with Crippen molar-refractivity contribution in [2.75, 3.05) is 6.54 Å². The van der Waals surface area contributed by atoms with Crippen molar-refractivity contribution in [2.45, 2.75) is 19.5 Å². The molecule has 0 saturated carbocycles. The van der Waals surface area contributed by atoms with Crippen molar-refractivity contribution >= 4 is 22.9 Å². The second-order valence-corrected chi connectivity index (χ2v) is 4.01. The molecule has 0 atom stereocenters. The summed E-state index contributed by atoms with van der Waals surface area (Å²) in [6, 6.07) is 0. The van der Waals surface area contributed by atoms with Crippen LogP contribution in [0, 0.1) is 0 Å². The summed E-state index contributed by atoms with van der Waals surface area (Å²) in [5.41, 5.74) is 1.22. The highest BCUT2D eigenvalue weighted by atomic mass is 127. The monoisotopic (exact) mass is 264 g/mol. The number of aromatic nitrogens is 3. The molecule has 0 aromatic carbocycles. The molecule has 1 aliphatic rings. The molecule has 1 aromatic heterocycles. The van der Waals surface area contributed by atoms with E-state index in [9.17, 15) is 0 Å². The first-order valence-corrected chi connectivity index (χ1v) is 4.61. The highest BCUT2D eigenvalue weighted by Gasteiger charge is 2.11. The lowest BCUT2D eigenvalue weighted by Gasteiger charge is -2.07. The van der Waals surface area contributed by atoms with Gasteiger partial charge in [0.05, 0.1) is 18.4 Å². The summed E-state index contributed by atoms with van der Waals surface area (Å²) < 4.78 is 4.25. The van der Waals surface area contributed by atoms with E-state index >= 15 is 0 Å². The quantitative estimate of drug-likeness (QED) is 0.514. The molecule has 0 spiro atoms. The lowest BCUT2D eigenvalue weighted by Crippen LogP contribution is -2.09. The van der Waals surface area contributed by atoms with Gasteiger partial charge in [-0.05, 0) is 6.42 Å². The van der Waals surface area contributed by atoms with E-state index in [1.165, 1.54) is 12.1 Å². The van der Waals surface area contributed by atoms with Gasteiger partial charge in [-0.3, -0.25) is 0 Å². The van der Waals surface area contributed by atoms with E-state index in [0.717, 1.165) is 19.6 Å². The SMILES string of the molecule is IN1CCCn2nncc2C1. The smallest absolute Gasteiger partial charge is 0.0738 e. The number of fused-ring (bicyclic) bond motifs is 1. The molecule has 0 bridgehead atoms. The molecular formula is C6H9IN4. The average Bonchev–Trinajstić information content (AvgIpc) is 2.31. The minimum absolute atomic E-state index is 0.966. The Balaban J connectivity index is 2.26. The van der Waals surface area contributed by atoms with E-state index in [1.54, 1.807) is 0 Å². The zero-order valence-electron chi connectivity index (χ0n) is 6.07. The topological polar surface area (TPSA) is 34.0 Å². The average molecular weight is 264 g/mol. The van der Waals surface area contributed by atoms with Gasteiger partial charge in [-0.1, -0.05) is 5.21 Å². The molecule has 1 aliphatic heterocycles. The summed E-state index contributed by atoms with van der Waals surface area (Å²) in [4.78, 5) is 0. The molecule has 0 amide bonds. The number of hydrogen-bond donors (Lipinski definition) is 0. The van der Waals surface area contributed by atoms with Crippen molar-refractivity contribution in [1.29, 1.82) is 0 Å². The minimum atomic E-state index is 0.966. The van der Waals surface area contributed by atoms with Gasteiger partial charge in [-0.25, -0.2) is 7.80 Å². The van der Waals surface area contributed by atoms with Crippen LogP contribution in [0.4, 0.5) is 0 Å². The molecule has 5 heteroatoms. The second-order valence-electron chi connectivity index (χ2n) is 2.65. The summed E-state index contributed by atoms with van der Waals surface area (Å²) in [5, 5.41) is 7.85. The Hall–Kier alpha value is -0.170. The van der Waals surface area contributed by atoms with Crippen LogP contribution >= 0.6 is 22.9 Å². The van der Waals surface area contributed by atoms with Gasteiger partial charge in [0, 0.05) is 36.0 Å². The first kappa shape index (κ1) is 7.48. The predicted octanol–water partition coefficient (Wildman–Crippen LogP) is 0.834. The number of aryl methyl sites for hydroxylation is 1. The zero-order valence-corrected chi connectivity index (χ0v) is 8.23. The number of hydrogen-bond acceptors (Lipinski definition) is 3. The maximum absolute atomic E-state index is 3.99. The first-order chi connectivity index (χ1) is 5.36. The van der Waals surface area contributed by atoms with Crippen LogP contribution in [0.1, 0.15) is 12.1 Å². The van der Waals surface area contributed by atoms with E-state index in [-0.39, 0.29) is 0 Å². The summed E-state index contributed by atoms with van der Waals surface area (Å²) in [6.45, 7) is 3.12. The van der Waals surface area contributed by atoms with Crippen LogP contribution in [0.25, 0.3) is 0 Å². The molecule has 0 aliphatic carbocycles. The normalized spacial score (nSPS) is 19.4.